The van der Waals surface area contributed by atoms with E-state index >= 15 is 0 Å². The Morgan fingerprint density at radius 2 is 1.70 bits per heavy atom. The fourth-order valence-corrected chi connectivity index (χ4v) is 4.46. The van der Waals surface area contributed by atoms with Crippen molar-refractivity contribution in [2.75, 3.05) is 20.8 Å². The fraction of sp³-hybridized carbons (Fsp3) is 0.417. The third kappa shape index (κ3) is 3.73. The number of benzene rings is 2. The maximum absolute atomic E-state index is 13.1. The average molecular weight is 410 g/mol. The van der Waals surface area contributed by atoms with Crippen LogP contribution >= 0.6 is 0 Å². The minimum Gasteiger partial charge on any atom is -0.497 e. The van der Waals surface area contributed by atoms with Gasteiger partial charge in [-0.1, -0.05) is 42.5 Å². The molecule has 2 fully saturated rings. The highest BCUT2D eigenvalue weighted by Gasteiger charge is 2.76. The number of carbonyl (C=O) groups is 2. The van der Waals surface area contributed by atoms with Crippen molar-refractivity contribution < 1.29 is 28.5 Å². The smallest absolute Gasteiger partial charge is 0.319 e. The molecule has 30 heavy (non-hydrogen) atoms. The van der Waals surface area contributed by atoms with E-state index < -0.39 is 17.5 Å². The Labute approximate surface area is 176 Å². The molecule has 0 amide bonds. The largest absolute Gasteiger partial charge is 0.497 e. The standard InChI is InChI=1S/C24H26O6/c1-27-18-10-8-17(9-11-18)14-30-21-19(15-29-13-16-6-4-3-5-7-16)20-12-24(20,22(21)25)23(26)28-2/h3-11,19-21H,12-15H2,1-2H3/t19-,20-,21+,24+/m0/s1. The van der Waals surface area contributed by atoms with Gasteiger partial charge in [0.2, 0.25) is 0 Å². The van der Waals surface area contributed by atoms with E-state index in [-0.39, 0.29) is 24.2 Å². The van der Waals surface area contributed by atoms with Crippen LogP contribution in [0.5, 0.6) is 5.75 Å². The summed E-state index contributed by atoms with van der Waals surface area (Å²) in [5, 5.41) is 0. The zero-order chi connectivity index (χ0) is 21.1. The highest BCUT2D eigenvalue weighted by Crippen LogP contribution is 2.65. The molecule has 2 aliphatic rings. The second-order valence-corrected chi connectivity index (χ2v) is 7.88. The molecule has 2 aliphatic carbocycles. The van der Waals surface area contributed by atoms with Crippen molar-refractivity contribution in [1.82, 2.24) is 0 Å². The summed E-state index contributed by atoms with van der Waals surface area (Å²) in [6.45, 7) is 1.09. The molecular formula is C24H26O6. The zero-order valence-corrected chi connectivity index (χ0v) is 17.2. The first kappa shape index (κ1) is 20.6. The SMILES string of the molecule is COC(=O)[C@]12C[C@H]1[C@H](COCc1ccccc1)[C@@H](OCc1ccc(OC)cc1)C2=O. The summed E-state index contributed by atoms with van der Waals surface area (Å²) in [5.41, 5.74) is 0.938. The molecule has 2 saturated carbocycles. The number of hydrogen-bond acceptors (Lipinski definition) is 6. The van der Waals surface area contributed by atoms with Crippen LogP contribution in [0.25, 0.3) is 0 Å². The summed E-state index contributed by atoms with van der Waals surface area (Å²) in [6, 6.07) is 17.4. The number of rotatable bonds is 9. The van der Waals surface area contributed by atoms with E-state index in [9.17, 15) is 9.59 Å². The Balaban J connectivity index is 1.44. The van der Waals surface area contributed by atoms with Crippen LogP contribution in [0.3, 0.4) is 0 Å². The molecule has 0 aromatic heterocycles. The predicted octanol–water partition coefficient (Wildman–Crippen LogP) is 3.18. The van der Waals surface area contributed by atoms with E-state index in [1.807, 2.05) is 54.6 Å². The number of Topliss-reactive ketones (excluding diaryl/α,β-unsaturated/α-hetero) is 1. The van der Waals surface area contributed by atoms with Crippen molar-refractivity contribution in [1.29, 1.82) is 0 Å². The highest BCUT2D eigenvalue weighted by molar-refractivity contribution is 6.11. The van der Waals surface area contributed by atoms with Gasteiger partial charge in [0.15, 0.2) is 5.78 Å². The van der Waals surface area contributed by atoms with Gasteiger partial charge in [0, 0.05) is 5.92 Å². The summed E-state index contributed by atoms with van der Waals surface area (Å²) in [5.74, 6) is -0.135. The van der Waals surface area contributed by atoms with E-state index in [0.717, 1.165) is 16.9 Å². The summed E-state index contributed by atoms with van der Waals surface area (Å²) >= 11 is 0. The van der Waals surface area contributed by atoms with Crippen molar-refractivity contribution in [3.63, 3.8) is 0 Å². The Morgan fingerprint density at radius 1 is 1.00 bits per heavy atom. The molecule has 6 heteroatoms. The molecule has 0 N–H and O–H groups in total. The van der Waals surface area contributed by atoms with Crippen LogP contribution < -0.4 is 4.74 Å². The number of ether oxygens (including phenoxy) is 4. The lowest BCUT2D eigenvalue weighted by molar-refractivity contribution is -0.154. The van der Waals surface area contributed by atoms with Crippen LogP contribution in [0.4, 0.5) is 0 Å². The van der Waals surface area contributed by atoms with Gasteiger partial charge in [-0.15, -0.1) is 0 Å². The first-order valence-electron chi connectivity index (χ1n) is 10.1. The minimum atomic E-state index is -1.06. The summed E-state index contributed by atoms with van der Waals surface area (Å²) in [7, 11) is 2.94. The van der Waals surface area contributed by atoms with E-state index in [2.05, 4.69) is 0 Å². The number of ketones is 1. The molecule has 4 rings (SSSR count). The summed E-state index contributed by atoms with van der Waals surface area (Å²) in [6.07, 6.45) is -0.166. The molecule has 4 atom stereocenters. The number of methoxy groups -OCH3 is 2. The first-order valence-corrected chi connectivity index (χ1v) is 10.1. The van der Waals surface area contributed by atoms with E-state index in [4.69, 9.17) is 18.9 Å². The van der Waals surface area contributed by atoms with Crippen LogP contribution in [-0.2, 0) is 37.0 Å². The minimum absolute atomic E-state index is 0.0888. The molecule has 6 nitrogen and oxygen atoms in total. The quantitative estimate of drug-likeness (QED) is 0.467. The van der Waals surface area contributed by atoms with E-state index in [1.165, 1.54) is 7.11 Å². The Bertz CT molecular complexity index is 894. The Morgan fingerprint density at radius 3 is 2.37 bits per heavy atom. The second-order valence-electron chi connectivity index (χ2n) is 7.88. The molecule has 0 spiro atoms. The Hall–Kier alpha value is -2.70. The first-order chi connectivity index (χ1) is 14.6. The topological polar surface area (TPSA) is 71.1 Å². The maximum atomic E-state index is 13.1. The van der Waals surface area contributed by atoms with Crippen LogP contribution in [-0.4, -0.2) is 38.7 Å². The van der Waals surface area contributed by atoms with E-state index in [1.54, 1.807) is 7.11 Å². The summed E-state index contributed by atoms with van der Waals surface area (Å²) in [4.78, 5) is 25.5. The number of esters is 1. The third-order valence-electron chi connectivity index (χ3n) is 6.18. The molecule has 0 unspecified atom stereocenters. The molecule has 0 radical (unpaired) electrons. The Kier molecular flexibility index (Phi) is 5.88. The van der Waals surface area contributed by atoms with Crippen LogP contribution in [0.15, 0.2) is 54.6 Å². The third-order valence-corrected chi connectivity index (χ3v) is 6.18. The number of carbonyl (C=O) groups excluding carboxylic acids is 2. The van der Waals surface area contributed by atoms with Crippen molar-refractivity contribution in [3.05, 3.63) is 65.7 Å². The fourth-order valence-electron chi connectivity index (χ4n) is 4.46. The molecule has 2 aromatic rings. The molecule has 0 saturated heterocycles. The number of hydrogen-bond donors (Lipinski definition) is 0. The van der Waals surface area contributed by atoms with Gasteiger partial charge < -0.3 is 18.9 Å². The molecule has 158 valence electrons. The van der Waals surface area contributed by atoms with Gasteiger partial charge in [-0.3, -0.25) is 9.59 Å². The van der Waals surface area contributed by atoms with Gasteiger partial charge in [-0.05, 0) is 35.6 Å². The van der Waals surface area contributed by atoms with Gasteiger partial charge in [0.1, 0.15) is 17.3 Å². The van der Waals surface area contributed by atoms with Gasteiger partial charge in [0.05, 0.1) is 34.0 Å². The van der Waals surface area contributed by atoms with Gasteiger partial charge >= 0.3 is 5.97 Å². The maximum Gasteiger partial charge on any atom is 0.319 e. The van der Waals surface area contributed by atoms with Gasteiger partial charge in [0.25, 0.3) is 0 Å². The van der Waals surface area contributed by atoms with Crippen molar-refractivity contribution in [2.24, 2.45) is 17.3 Å². The molecule has 0 bridgehead atoms. The lowest BCUT2D eigenvalue weighted by Crippen LogP contribution is -2.36. The highest BCUT2D eigenvalue weighted by atomic mass is 16.5. The van der Waals surface area contributed by atoms with Crippen LogP contribution in [0.2, 0.25) is 0 Å². The van der Waals surface area contributed by atoms with Crippen molar-refractivity contribution in [3.8, 4) is 5.75 Å². The molecule has 2 aromatic carbocycles. The zero-order valence-electron chi connectivity index (χ0n) is 17.2. The number of fused-ring (bicyclic) bond motifs is 1. The van der Waals surface area contributed by atoms with Crippen molar-refractivity contribution >= 4 is 11.8 Å². The summed E-state index contributed by atoms with van der Waals surface area (Å²) < 4.78 is 22.1. The lowest BCUT2D eigenvalue weighted by atomic mass is 9.99. The van der Waals surface area contributed by atoms with E-state index in [0.29, 0.717) is 19.6 Å². The molecular weight excluding hydrogens is 384 g/mol. The van der Waals surface area contributed by atoms with Gasteiger partial charge in [-0.2, -0.15) is 0 Å². The molecule has 0 aliphatic heterocycles. The second kappa shape index (κ2) is 8.58. The lowest BCUT2D eigenvalue weighted by Gasteiger charge is -2.22. The monoisotopic (exact) mass is 410 g/mol. The average Bonchev–Trinajstić information content (AvgIpc) is 3.50. The van der Waals surface area contributed by atoms with Gasteiger partial charge in [-0.25, -0.2) is 0 Å². The van der Waals surface area contributed by atoms with Crippen LogP contribution in [0.1, 0.15) is 17.5 Å². The van der Waals surface area contributed by atoms with Crippen molar-refractivity contribution in [2.45, 2.75) is 25.7 Å². The molecule has 0 heterocycles. The predicted molar refractivity (Wildman–Crippen MR) is 109 cm³/mol. The normalized spacial score (nSPS) is 26.9. The van der Waals surface area contributed by atoms with Crippen LogP contribution in [0, 0.1) is 17.3 Å².